The number of nitrogens with zero attached hydrogens (tertiary/aromatic N) is 2. The molecule has 1 atom stereocenters. The highest BCUT2D eigenvalue weighted by atomic mass is 35.5. The van der Waals surface area contributed by atoms with Crippen molar-refractivity contribution >= 4 is 34.8 Å². The topological polar surface area (TPSA) is 61.8 Å². The number of halogens is 1. The van der Waals surface area contributed by atoms with Crippen LogP contribution in [0.3, 0.4) is 0 Å². The fraction of sp³-hybridized carbons (Fsp3) is 0.346. The van der Waals surface area contributed by atoms with Crippen molar-refractivity contribution in [2.75, 3.05) is 18.0 Å². The lowest BCUT2D eigenvalue weighted by molar-refractivity contribution is -0.124. The Morgan fingerprint density at radius 1 is 1.19 bits per heavy atom. The first-order valence-corrected chi connectivity index (χ1v) is 11.6. The number of rotatable bonds is 6. The van der Waals surface area contributed by atoms with Crippen LogP contribution in [0.4, 0.5) is 5.69 Å². The summed E-state index contributed by atoms with van der Waals surface area (Å²) in [6, 6.07) is 14.5. The average molecular weight is 450 g/mol. The summed E-state index contributed by atoms with van der Waals surface area (Å²) in [5.41, 5.74) is 4.42. The zero-order valence-corrected chi connectivity index (χ0v) is 19.1. The molecule has 6 heteroatoms. The molecule has 2 aliphatic rings. The molecule has 2 aromatic rings. The molecular formula is C26H28ClN3O2. The predicted octanol–water partition coefficient (Wildman–Crippen LogP) is 4.92. The van der Waals surface area contributed by atoms with E-state index in [9.17, 15) is 9.59 Å². The summed E-state index contributed by atoms with van der Waals surface area (Å²) in [6.45, 7) is 2.30. The number of carbonyl (C=O) groups excluding carboxylic acids is 2. The Bertz CT molecular complexity index is 1060. The average Bonchev–Trinajstić information content (AvgIpc) is 2.90. The monoisotopic (exact) mass is 449 g/mol. The van der Waals surface area contributed by atoms with Gasteiger partial charge in [-0.2, -0.15) is 0 Å². The molecule has 1 heterocycles. The van der Waals surface area contributed by atoms with Gasteiger partial charge in [0.15, 0.2) is 0 Å². The number of anilines is 1. The first-order chi connectivity index (χ1) is 15.5. The van der Waals surface area contributed by atoms with Gasteiger partial charge in [0.2, 0.25) is 5.91 Å². The van der Waals surface area contributed by atoms with Crippen LogP contribution in [-0.2, 0) is 9.59 Å². The van der Waals surface area contributed by atoms with Crippen molar-refractivity contribution in [3.05, 3.63) is 76.3 Å². The number of amides is 2. The molecule has 2 aromatic carbocycles. The summed E-state index contributed by atoms with van der Waals surface area (Å²) in [5.74, 6) is -0.379. The summed E-state index contributed by atoms with van der Waals surface area (Å²) in [4.78, 5) is 32.2. The predicted molar refractivity (Wildman–Crippen MR) is 130 cm³/mol. The van der Waals surface area contributed by atoms with Gasteiger partial charge in [0.25, 0.3) is 5.91 Å². The third-order valence-corrected chi connectivity index (χ3v) is 6.19. The molecule has 1 aliphatic heterocycles. The molecule has 0 spiro atoms. The summed E-state index contributed by atoms with van der Waals surface area (Å²) in [5, 5.41) is 3.54. The van der Waals surface area contributed by atoms with Crippen LogP contribution in [-0.4, -0.2) is 36.7 Å². The van der Waals surface area contributed by atoms with Crippen LogP contribution in [0.25, 0.3) is 0 Å². The zero-order chi connectivity index (χ0) is 22.5. The molecule has 0 bridgehead atoms. The first-order valence-electron chi connectivity index (χ1n) is 11.2. The fourth-order valence-electron chi connectivity index (χ4n) is 4.28. The fourth-order valence-corrected chi connectivity index (χ4v) is 4.45. The van der Waals surface area contributed by atoms with Crippen LogP contribution < -0.4 is 10.2 Å². The van der Waals surface area contributed by atoms with Crippen LogP contribution >= 0.6 is 11.6 Å². The Morgan fingerprint density at radius 3 is 2.75 bits per heavy atom. The highest BCUT2D eigenvalue weighted by Crippen LogP contribution is 2.31. The molecule has 2 amide bonds. The van der Waals surface area contributed by atoms with Crippen LogP contribution in [0.1, 0.15) is 50.2 Å². The van der Waals surface area contributed by atoms with E-state index in [0.717, 1.165) is 30.4 Å². The lowest BCUT2D eigenvalue weighted by Gasteiger charge is -2.24. The maximum atomic E-state index is 13.2. The van der Waals surface area contributed by atoms with Crippen molar-refractivity contribution in [1.82, 2.24) is 5.32 Å². The molecule has 5 nitrogen and oxygen atoms in total. The van der Waals surface area contributed by atoms with Crippen molar-refractivity contribution in [2.24, 2.45) is 4.99 Å². The quantitative estimate of drug-likeness (QED) is 0.636. The zero-order valence-electron chi connectivity index (χ0n) is 18.3. The standard InChI is InChI=1S/C26H28ClN3O2/c1-18-26(32)30(17-24(31)28-15-14-19-8-4-2-5-9-19)23-13-12-21(27)16-22(23)25(29-18)20-10-6-3-7-11-20/h3,6-8,10-13,16,18H,2,4-5,9,14-15,17H2,1H3,(H,28,31). The molecule has 0 saturated carbocycles. The Balaban J connectivity index is 1.56. The lowest BCUT2D eigenvalue weighted by atomic mass is 9.97. The third-order valence-electron chi connectivity index (χ3n) is 5.95. The second-order valence-corrected chi connectivity index (χ2v) is 8.75. The minimum Gasteiger partial charge on any atom is -0.354 e. The number of carbonyl (C=O) groups is 2. The maximum absolute atomic E-state index is 13.2. The highest BCUT2D eigenvalue weighted by molar-refractivity contribution is 6.32. The third kappa shape index (κ3) is 5.10. The van der Waals surface area contributed by atoms with Crippen molar-refractivity contribution in [1.29, 1.82) is 0 Å². The van der Waals surface area contributed by atoms with Crippen LogP contribution in [0, 0.1) is 0 Å². The van der Waals surface area contributed by atoms with Gasteiger partial charge in [-0.3, -0.25) is 14.6 Å². The minimum atomic E-state index is -0.614. The van der Waals surface area contributed by atoms with E-state index in [2.05, 4.69) is 11.4 Å². The van der Waals surface area contributed by atoms with Gasteiger partial charge in [0.05, 0.1) is 11.4 Å². The normalized spacial score (nSPS) is 18.4. The molecule has 0 saturated heterocycles. The number of hydrogen-bond acceptors (Lipinski definition) is 3. The van der Waals surface area contributed by atoms with Gasteiger partial charge in [-0.25, -0.2) is 0 Å². The Labute approximate surface area is 194 Å². The van der Waals surface area contributed by atoms with Crippen molar-refractivity contribution in [3.63, 3.8) is 0 Å². The number of aliphatic imine (C=N–C) groups is 1. The second kappa shape index (κ2) is 10.1. The minimum absolute atomic E-state index is 0.0472. The number of benzodiazepines with no additional fused rings is 1. The largest absolute Gasteiger partial charge is 0.354 e. The lowest BCUT2D eigenvalue weighted by Crippen LogP contribution is -2.44. The van der Waals surface area contributed by atoms with E-state index < -0.39 is 6.04 Å². The van der Waals surface area contributed by atoms with Crippen molar-refractivity contribution < 1.29 is 9.59 Å². The molecule has 1 aliphatic carbocycles. The SMILES string of the molecule is CC1N=C(c2ccccc2)c2cc(Cl)ccc2N(CC(=O)NCCC2=CCCCC2)C1=O. The van der Waals surface area contributed by atoms with Gasteiger partial charge < -0.3 is 10.2 Å². The summed E-state index contributed by atoms with van der Waals surface area (Å²) in [6.07, 6.45) is 7.88. The van der Waals surface area contributed by atoms with E-state index >= 15 is 0 Å². The van der Waals surface area contributed by atoms with Gasteiger partial charge in [-0.15, -0.1) is 0 Å². The number of benzene rings is 2. The smallest absolute Gasteiger partial charge is 0.252 e. The highest BCUT2D eigenvalue weighted by Gasteiger charge is 2.31. The van der Waals surface area contributed by atoms with E-state index in [1.165, 1.54) is 23.3 Å². The van der Waals surface area contributed by atoms with Crippen LogP contribution in [0.5, 0.6) is 0 Å². The summed E-state index contributed by atoms with van der Waals surface area (Å²) in [7, 11) is 0. The molecule has 0 radical (unpaired) electrons. The maximum Gasteiger partial charge on any atom is 0.252 e. The van der Waals surface area contributed by atoms with Gasteiger partial charge >= 0.3 is 0 Å². The Morgan fingerprint density at radius 2 is 2.00 bits per heavy atom. The van der Waals surface area contributed by atoms with Crippen LogP contribution in [0.2, 0.25) is 5.02 Å². The molecule has 166 valence electrons. The molecular weight excluding hydrogens is 422 g/mol. The number of hydrogen-bond donors (Lipinski definition) is 1. The molecule has 1 N–H and O–H groups in total. The Kier molecular flexibility index (Phi) is 7.05. The van der Waals surface area contributed by atoms with Crippen molar-refractivity contribution in [3.8, 4) is 0 Å². The van der Waals surface area contributed by atoms with Crippen LogP contribution in [0.15, 0.2) is 65.2 Å². The van der Waals surface area contributed by atoms with Crippen molar-refractivity contribution in [2.45, 2.75) is 45.1 Å². The molecule has 4 rings (SSSR count). The van der Waals surface area contributed by atoms with E-state index in [0.29, 0.717) is 23.0 Å². The summed E-state index contributed by atoms with van der Waals surface area (Å²) >= 11 is 6.31. The molecule has 0 fully saturated rings. The molecule has 0 aromatic heterocycles. The number of nitrogens with one attached hydrogen (secondary N) is 1. The summed E-state index contributed by atoms with van der Waals surface area (Å²) < 4.78 is 0. The van der Waals surface area contributed by atoms with E-state index in [1.54, 1.807) is 19.1 Å². The van der Waals surface area contributed by atoms with E-state index in [4.69, 9.17) is 16.6 Å². The number of fused-ring (bicyclic) bond motifs is 1. The first kappa shape index (κ1) is 22.3. The van der Waals surface area contributed by atoms with E-state index in [-0.39, 0.29) is 18.4 Å². The Hall–Kier alpha value is -2.92. The van der Waals surface area contributed by atoms with Gasteiger partial charge in [-0.05, 0) is 57.2 Å². The molecule has 1 unspecified atom stereocenters. The van der Waals surface area contributed by atoms with Gasteiger partial charge in [0.1, 0.15) is 12.6 Å². The van der Waals surface area contributed by atoms with Gasteiger partial charge in [0, 0.05) is 22.7 Å². The van der Waals surface area contributed by atoms with E-state index in [1.807, 2.05) is 36.4 Å². The van der Waals surface area contributed by atoms with Gasteiger partial charge in [-0.1, -0.05) is 53.6 Å². The number of allylic oxidation sites excluding steroid dienone is 1. The second-order valence-electron chi connectivity index (χ2n) is 8.31. The molecule has 32 heavy (non-hydrogen) atoms.